The van der Waals surface area contributed by atoms with Crippen LogP contribution in [0.4, 0.5) is 0 Å². The lowest BCUT2D eigenvalue weighted by Gasteiger charge is -2.37. The summed E-state index contributed by atoms with van der Waals surface area (Å²) in [6.07, 6.45) is 12.3. The Hall–Kier alpha value is -0.0800. The van der Waals surface area contributed by atoms with Gasteiger partial charge in [0.2, 0.25) is 0 Å². The third kappa shape index (κ3) is 6.76. The van der Waals surface area contributed by atoms with Gasteiger partial charge >= 0.3 is 0 Å². The van der Waals surface area contributed by atoms with Crippen LogP contribution in [0, 0.1) is 0 Å². The topological polar surface area (TPSA) is 15.3 Å². The summed E-state index contributed by atoms with van der Waals surface area (Å²) in [6.45, 7) is 10.7. The van der Waals surface area contributed by atoms with E-state index in [1.54, 1.807) is 0 Å². The van der Waals surface area contributed by atoms with Gasteiger partial charge in [-0.3, -0.25) is 0 Å². The minimum atomic E-state index is 0.801. The lowest BCUT2D eigenvalue weighted by atomic mass is 9.89. The molecular weight excluding hydrogens is 232 g/mol. The third-order valence-corrected chi connectivity index (χ3v) is 4.49. The highest BCUT2D eigenvalue weighted by atomic mass is 15.2. The van der Waals surface area contributed by atoms with Gasteiger partial charge in [0.05, 0.1) is 0 Å². The first-order valence-corrected chi connectivity index (χ1v) is 8.79. The van der Waals surface area contributed by atoms with Crippen LogP contribution >= 0.6 is 0 Å². The number of rotatable bonds is 10. The molecule has 2 nitrogen and oxygen atoms in total. The monoisotopic (exact) mass is 268 g/mol. The number of nitrogens with one attached hydrogen (secondary N) is 1. The van der Waals surface area contributed by atoms with E-state index < -0.39 is 0 Å². The summed E-state index contributed by atoms with van der Waals surface area (Å²) in [7, 11) is 0. The molecule has 0 unspecified atom stereocenters. The molecule has 1 aliphatic carbocycles. The predicted octanol–water partition coefficient (Wildman–Crippen LogP) is 4.20. The van der Waals surface area contributed by atoms with Crippen LogP contribution in [-0.4, -0.2) is 36.6 Å². The molecule has 114 valence electrons. The first-order valence-electron chi connectivity index (χ1n) is 8.79. The van der Waals surface area contributed by atoms with Crippen molar-refractivity contribution in [3.63, 3.8) is 0 Å². The Balaban J connectivity index is 2.30. The smallest absolute Gasteiger partial charge is 0.00964 e. The van der Waals surface area contributed by atoms with Crippen LogP contribution in [0.1, 0.15) is 78.6 Å². The summed E-state index contributed by atoms with van der Waals surface area (Å²) in [5.41, 5.74) is 0. The Morgan fingerprint density at radius 2 is 1.42 bits per heavy atom. The summed E-state index contributed by atoms with van der Waals surface area (Å²) in [4.78, 5) is 2.79. The molecule has 1 aliphatic rings. The van der Waals surface area contributed by atoms with Gasteiger partial charge < -0.3 is 10.2 Å². The summed E-state index contributed by atoms with van der Waals surface area (Å²) in [5.74, 6) is 0. The average Bonchev–Trinajstić information content (AvgIpc) is 2.46. The van der Waals surface area contributed by atoms with Crippen molar-refractivity contribution in [3.05, 3.63) is 0 Å². The second-order valence-corrected chi connectivity index (χ2v) is 6.20. The molecule has 0 bridgehead atoms. The zero-order chi connectivity index (χ0) is 13.9. The second kappa shape index (κ2) is 10.7. The van der Waals surface area contributed by atoms with Crippen molar-refractivity contribution < 1.29 is 0 Å². The molecule has 1 N–H and O–H groups in total. The number of unbranched alkanes of at least 4 members (excludes halogenated alkanes) is 2. The van der Waals surface area contributed by atoms with E-state index in [0.717, 1.165) is 12.1 Å². The largest absolute Gasteiger partial charge is 0.314 e. The van der Waals surface area contributed by atoms with E-state index in [2.05, 4.69) is 31.0 Å². The molecule has 0 aliphatic heterocycles. The Morgan fingerprint density at radius 3 is 1.89 bits per heavy atom. The van der Waals surface area contributed by atoms with Crippen LogP contribution in [-0.2, 0) is 0 Å². The number of hydrogen-bond donors (Lipinski definition) is 1. The normalized spacial score (nSPS) is 24.0. The van der Waals surface area contributed by atoms with Gasteiger partial charge in [-0.25, -0.2) is 0 Å². The zero-order valence-corrected chi connectivity index (χ0v) is 13.6. The maximum absolute atomic E-state index is 3.70. The maximum atomic E-state index is 3.70. The number of nitrogens with zero attached hydrogens (tertiary/aromatic N) is 1. The molecule has 19 heavy (non-hydrogen) atoms. The molecule has 1 saturated carbocycles. The van der Waals surface area contributed by atoms with E-state index in [0.29, 0.717) is 0 Å². The fourth-order valence-electron chi connectivity index (χ4n) is 3.19. The van der Waals surface area contributed by atoms with E-state index in [1.165, 1.54) is 77.4 Å². The van der Waals surface area contributed by atoms with Gasteiger partial charge in [0.25, 0.3) is 0 Å². The van der Waals surface area contributed by atoms with E-state index >= 15 is 0 Å². The average molecular weight is 268 g/mol. The Morgan fingerprint density at radius 1 is 0.842 bits per heavy atom. The van der Waals surface area contributed by atoms with Crippen molar-refractivity contribution >= 4 is 0 Å². The van der Waals surface area contributed by atoms with Gasteiger partial charge in [0.15, 0.2) is 0 Å². The lowest BCUT2D eigenvalue weighted by Crippen LogP contribution is -2.43. The Bertz CT molecular complexity index is 189. The van der Waals surface area contributed by atoms with Crippen molar-refractivity contribution in [2.75, 3.05) is 19.6 Å². The molecule has 0 aromatic carbocycles. The molecule has 0 amide bonds. The molecule has 0 saturated heterocycles. The quantitative estimate of drug-likeness (QED) is 0.639. The fraction of sp³-hybridized carbons (Fsp3) is 1.00. The lowest BCUT2D eigenvalue weighted by molar-refractivity contribution is 0.139. The minimum Gasteiger partial charge on any atom is -0.314 e. The van der Waals surface area contributed by atoms with Gasteiger partial charge in [0, 0.05) is 12.1 Å². The van der Waals surface area contributed by atoms with Gasteiger partial charge in [0.1, 0.15) is 0 Å². The van der Waals surface area contributed by atoms with Crippen molar-refractivity contribution in [2.24, 2.45) is 0 Å². The van der Waals surface area contributed by atoms with Crippen molar-refractivity contribution in [1.82, 2.24) is 10.2 Å². The summed E-state index contributed by atoms with van der Waals surface area (Å²) < 4.78 is 0. The van der Waals surface area contributed by atoms with Crippen LogP contribution in [0.15, 0.2) is 0 Å². The molecule has 0 heterocycles. The fourth-order valence-corrected chi connectivity index (χ4v) is 3.19. The first-order chi connectivity index (χ1) is 9.31. The number of hydrogen-bond acceptors (Lipinski definition) is 2. The molecule has 0 spiro atoms. The molecule has 0 atom stereocenters. The van der Waals surface area contributed by atoms with Crippen LogP contribution in [0.2, 0.25) is 0 Å². The van der Waals surface area contributed by atoms with Crippen molar-refractivity contribution in [2.45, 2.75) is 90.6 Å². The summed E-state index contributed by atoms with van der Waals surface area (Å²) in [6, 6.07) is 1.67. The molecule has 0 aromatic rings. The molecule has 2 heteroatoms. The maximum Gasteiger partial charge on any atom is 0.00964 e. The van der Waals surface area contributed by atoms with Crippen LogP contribution in [0.25, 0.3) is 0 Å². The molecule has 0 aromatic heterocycles. The van der Waals surface area contributed by atoms with Crippen LogP contribution < -0.4 is 5.32 Å². The van der Waals surface area contributed by atoms with E-state index in [9.17, 15) is 0 Å². The zero-order valence-electron chi connectivity index (χ0n) is 13.6. The standard InChI is InChI=1S/C17H36N2/c1-4-7-14-19(15-8-5-2)17-11-9-16(10-12-17)18-13-6-3/h16-18H,4-15H2,1-3H3. The van der Waals surface area contributed by atoms with Gasteiger partial charge in [-0.1, -0.05) is 33.6 Å². The van der Waals surface area contributed by atoms with E-state index in [1.807, 2.05) is 0 Å². The molecule has 1 fully saturated rings. The van der Waals surface area contributed by atoms with Crippen molar-refractivity contribution in [1.29, 1.82) is 0 Å². The molecular formula is C17H36N2. The predicted molar refractivity (Wildman–Crippen MR) is 85.7 cm³/mol. The summed E-state index contributed by atoms with van der Waals surface area (Å²) >= 11 is 0. The van der Waals surface area contributed by atoms with Gasteiger partial charge in [-0.2, -0.15) is 0 Å². The first kappa shape index (κ1) is 17.0. The van der Waals surface area contributed by atoms with Gasteiger partial charge in [-0.15, -0.1) is 0 Å². The van der Waals surface area contributed by atoms with E-state index in [4.69, 9.17) is 0 Å². The minimum absolute atomic E-state index is 0.801. The summed E-state index contributed by atoms with van der Waals surface area (Å²) in [5, 5.41) is 3.70. The Kier molecular flexibility index (Phi) is 9.54. The van der Waals surface area contributed by atoms with Crippen molar-refractivity contribution in [3.8, 4) is 0 Å². The highest BCUT2D eigenvalue weighted by Crippen LogP contribution is 2.24. The van der Waals surface area contributed by atoms with Crippen LogP contribution in [0.3, 0.4) is 0 Å². The highest BCUT2D eigenvalue weighted by molar-refractivity contribution is 4.82. The van der Waals surface area contributed by atoms with E-state index in [-0.39, 0.29) is 0 Å². The third-order valence-electron chi connectivity index (χ3n) is 4.49. The molecule has 1 rings (SSSR count). The SMILES string of the molecule is CCCCN(CCCC)C1CCC(NCCC)CC1. The molecule has 0 radical (unpaired) electrons. The highest BCUT2D eigenvalue weighted by Gasteiger charge is 2.24. The Labute approximate surface area is 121 Å². The van der Waals surface area contributed by atoms with Crippen LogP contribution in [0.5, 0.6) is 0 Å². The van der Waals surface area contributed by atoms with Gasteiger partial charge in [-0.05, 0) is 64.6 Å². The second-order valence-electron chi connectivity index (χ2n) is 6.20.